The molecule has 1 heterocycles. The molecule has 1 aromatic rings. The maximum atomic E-state index is 5.75. The highest BCUT2D eigenvalue weighted by atomic mass is 32.5. The van der Waals surface area contributed by atoms with E-state index in [1.165, 1.54) is 0 Å². The predicted octanol–water partition coefficient (Wildman–Crippen LogP) is 2.31. The van der Waals surface area contributed by atoms with E-state index in [4.69, 9.17) is 16.3 Å². The normalized spacial score (nSPS) is 26.2. The fraction of sp³-hybridized carbons (Fsp3) is 0.400. The van der Waals surface area contributed by atoms with Gasteiger partial charge < -0.3 is 9.19 Å². The molecule has 1 unspecified atom stereocenters. The summed E-state index contributed by atoms with van der Waals surface area (Å²) >= 11 is 5.63. The number of nitrogens with zero attached hydrogens (tertiary/aromatic N) is 2. The van der Waals surface area contributed by atoms with Crippen molar-refractivity contribution in [1.29, 1.82) is 0 Å². The van der Waals surface area contributed by atoms with E-state index < -0.39 is 6.57 Å². The highest BCUT2D eigenvalue weighted by Gasteiger charge is 2.34. The molecule has 0 radical (unpaired) electrons. The molecule has 1 atom stereocenters. The average molecular weight is 242 g/mol. The minimum atomic E-state index is -1.97. The Morgan fingerprint density at radius 1 is 1.33 bits per heavy atom. The van der Waals surface area contributed by atoms with Crippen molar-refractivity contribution in [2.75, 3.05) is 31.9 Å². The lowest BCUT2D eigenvalue weighted by Gasteiger charge is -2.32. The van der Waals surface area contributed by atoms with Gasteiger partial charge in [0.2, 0.25) is 6.57 Å². The molecule has 1 saturated heterocycles. The molecule has 82 valence electrons. The molecule has 15 heavy (non-hydrogen) atoms. The molecule has 0 aliphatic carbocycles. The van der Waals surface area contributed by atoms with Crippen molar-refractivity contribution in [2.24, 2.45) is 0 Å². The highest BCUT2D eigenvalue weighted by Crippen LogP contribution is 2.57. The van der Waals surface area contributed by atoms with Crippen LogP contribution in [0, 0.1) is 0 Å². The molecule has 2 rings (SSSR count). The maximum Gasteiger partial charge on any atom is 0.228 e. The standard InChI is InChI=1S/C10H15N2OPS/c1-11(2)14(15)12(8-9-13-14)10-6-4-3-5-7-10/h3-7H,8-9H2,1-2H3. The second kappa shape index (κ2) is 4.22. The van der Waals surface area contributed by atoms with Gasteiger partial charge in [-0.3, -0.25) is 0 Å². The van der Waals surface area contributed by atoms with Crippen LogP contribution in [-0.4, -0.2) is 31.9 Å². The summed E-state index contributed by atoms with van der Waals surface area (Å²) in [7, 11) is 3.98. The molecule has 0 aromatic heterocycles. The Kier molecular flexibility index (Phi) is 3.12. The van der Waals surface area contributed by atoms with Crippen molar-refractivity contribution < 1.29 is 4.52 Å². The van der Waals surface area contributed by atoms with Crippen molar-refractivity contribution in [3.05, 3.63) is 30.3 Å². The van der Waals surface area contributed by atoms with Crippen LogP contribution >= 0.6 is 6.57 Å². The van der Waals surface area contributed by atoms with Crippen LogP contribution in [0.1, 0.15) is 0 Å². The zero-order chi connectivity index (χ0) is 10.9. The van der Waals surface area contributed by atoms with Gasteiger partial charge in [0.25, 0.3) is 0 Å². The number of para-hydroxylation sites is 1. The van der Waals surface area contributed by atoms with E-state index in [1.54, 1.807) is 0 Å². The van der Waals surface area contributed by atoms with Gasteiger partial charge in [0.15, 0.2) is 0 Å². The zero-order valence-electron chi connectivity index (χ0n) is 8.96. The van der Waals surface area contributed by atoms with Crippen LogP contribution in [0.3, 0.4) is 0 Å². The lowest BCUT2D eigenvalue weighted by molar-refractivity contribution is 0.371. The van der Waals surface area contributed by atoms with Gasteiger partial charge in [-0.05, 0) is 38.0 Å². The van der Waals surface area contributed by atoms with Crippen molar-refractivity contribution >= 4 is 24.1 Å². The van der Waals surface area contributed by atoms with Crippen LogP contribution in [0.15, 0.2) is 30.3 Å². The van der Waals surface area contributed by atoms with Crippen LogP contribution < -0.4 is 4.67 Å². The minimum absolute atomic E-state index is 0.727. The first-order valence-electron chi connectivity index (χ1n) is 4.90. The quantitative estimate of drug-likeness (QED) is 0.739. The predicted molar refractivity (Wildman–Crippen MR) is 67.7 cm³/mol. The van der Waals surface area contributed by atoms with Gasteiger partial charge in [0.05, 0.1) is 6.61 Å². The van der Waals surface area contributed by atoms with E-state index in [0.717, 1.165) is 18.8 Å². The molecule has 1 aliphatic rings. The van der Waals surface area contributed by atoms with Gasteiger partial charge in [-0.15, -0.1) is 0 Å². The van der Waals surface area contributed by atoms with Gasteiger partial charge in [-0.1, -0.05) is 18.2 Å². The molecule has 0 bridgehead atoms. The maximum absolute atomic E-state index is 5.75. The first-order valence-corrected chi connectivity index (χ1v) is 7.52. The van der Waals surface area contributed by atoms with Crippen molar-refractivity contribution in [1.82, 2.24) is 4.67 Å². The summed E-state index contributed by atoms with van der Waals surface area (Å²) in [5, 5.41) is 0. The Bertz CT molecular complexity index is 382. The lowest BCUT2D eigenvalue weighted by Crippen LogP contribution is -2.22. The number of rotatable bonds is 2. The monoisotopic (exact) mass is 242 g/mol. The summed E-state index contributed by atoms with van der Waals surface area (Å²) in [6.45, 7) is -0.359. The second-order valence-corrected chi connectivity index (χ2v) is 7.58. The molecular formula is C10H15N2OPS. The third kappa shape index (κ3) is 1.95. The highest BCUT2D eigenvalue weighted by molar-refractivity contribution is 8.11. The molecule has 0 N–H and O–H groups in total. The third-order valence-corrected chi connectivity index (χ3v) is 6.89. The Labute approximate surface area is 95.8 Å². The Hall–Kier alpha value is -0.410. The summed E-state index contributed by atoms with van der Waals surface area (Å²) in [6, 6.07) is 10.2. The van der Waals surface area contributed by atoms with Crippen LogP contribution in [0.2, 0.25) is 0 Å². The van der Waals surface area contributed by atoms with Crippen LogP contribution in [0.25, 0.3) is 0 Å². The summed E-state index contributed by atoms with van der Waals surface area (Å²) in [5.74, 6) is 0. The van der Waals surface area contributed by atoms with E-state index in [2.05, 4.69) is 16.8 Å². The fourth-order valence-corrected chi connectivity index (χ4v) is 4.28. The van der Waals surface area contributed by atoms with Gasteiger partial charge in [-0.2, -0.15) is 0 Å². The summed E-state index contributed by atoms with van der Waals surface area (Å²) in [5.41, 5.74) is 1.16. The molecule has 0 saturated carbocycles. The Morgan fingerprint density at radius 2 is 2.00 bits per heavy atom. The van der Waals surface area contributed by atoms with Crippen LogP contribution in [0.5, 0.6) is 0 Å². The summed E-state index contributed by atoms with van der Waals surface area (Å²) in [6.07, 6.45) is 0. The van der Waals surface area contributed by atoms with E-state index in [-0.39, 0.29) is 0 Å². The smallest absolute Gasteiger partial charge is 0.228 e. The minimum Gasteiger partial charge on any atom is -0.321 e. The average Bonchev–Trinajstić information content (AvgIpc) is 2.63. The molecule has 1 aromatic carbocycles. The first kappa shape index (κ1) is 11.1. The summed E-state index contributed by atoms with van der Waals surface area (Å²) < 4.78 is 9.99. The SMILES string of the molecule is CN(C)P1(=S)OCCN1c1ccccc1. The molecule has 1 aliphatic heterocycles. The van der Waals surface area contributed by atoms with Crippen molar-refractivity contribution in [3.63, 3.8) is 0 Å². The summed E-state index contributed by atoms with van der Waals surface area (Å²) in [4.78, 5) is 0. The van der Waals surface area contributed by atoms with E-state index in [1.807, 2.05) is 37.0 Å². The Balaban J connectivity index is 2.34. The topological polar surface area (TPSA) is 15.7 Å². The number of benzene rings is 1. The zero-order valence-corrected chi connectivity index (χ0v) is 10.7. The molecule has 5 heteroatoms. The van der Waals surface area contributed by atoms with E-state index in [0.29, 0.717) is 0 Å². The second-order valence-electron chi connectivity index (χ2n) is 3.63. The molecular weight excluding hydrogens is 227 g/mol. The number of anilines is 1. The third-order valence-electron chi connectivity index (χ3n) is 2.43. The number of hydrogen-bond donors (Lipinski definition) is 0. The van der Waals surface area contributed by atoms with Gasteiger partial charge in [-0.25, -0.2) is 4.67 Å². The largest absolute Gasteiger partial charge is 0.321 e. The molecule has 3 nitrogen and oxygen atoms in total. The number of hydrogen-bond acceptors (Lipinski definition) is 2. The van der Waals surface area contributed by atoms with Gasteiger partial charge >= 0.3 is 0 Å². The van der Waals surface area contributed by atoms with E-state index >= 15 is 0 Å². The van der Waals surface area contributed by atoms with Crippen molar-refractivity contribution in [2.45, 2.75) is 0 Å². The van der Waals surface area contributed by atoms with E-state index in [9.17, 15) is 0 Å². The van der Waals surface area contributed by atoms with Gasteiger partial charge in [0.1, 0.15) is 0 Å². The van der Waals surface area contributed by atoms with Gasteiger partial charge in [0, 0.05) is 12.2 Å². The fourth-order valence-electron chi connectivity index (χ4n) is 1.65. The molecule has 0 amide bonds. The van der Waals surface area contributed by atoms with Crippen LogP contribution in [0.4, 0.5) is 5.69 Å². The lowest BCUT2D eigenvalue weighted by atomic mass is 10.3. The molecule has 0 spiro atoms. The van der Waals surface area contributed by atoms with Crippen LogP contribution in [-0.2, 0) is 16.3 Å². The first-order chi connectivity index (χ1) is 7.14. The Morgan fingerprint density at radius 3 is 2.60 bits per heavy atom. The van der Waals surface area contributed by atoms with Crippen molar-refractivity contribution in [3.8, 4) is 0 Å². The molecule has 1 fully saturated rings.